The maximum Gasteiger partial charge on any atom is 0.253 e. The number of methoxy groups -OCH3 is 1. The summed E-state index contributed by atoms with van der Waals surface area (Å²) in [6.45, 7) is 5.68. The quantitative estimate of drug-likeness (QED) is 0.764. The molecule has 5 nitrogen and oxygen atoms in total. The van der Waals surface area contributed by atoms with Crippen molar-refractivity contribution in [2.24, 2.45) is 0 Å². The fraction of sp³-hybridized carbons (Fsp3) is 0.435. The number of anilines is 1. The smallest absolute Gasteiger partial charge is 0.253 e. The molecule has 0 aromatic heterocycles. The molecule has 1 amide bonds. The number of piperazine rings is 1. The van der Waals surface area contributed by atoms with Gasteiger partial charge in [-0.2, -0.15) is 0 Å². The summed E-state index contributed by atoms with van der Waals surface area (Å²) >= 11 is 6.07. The molecule has 0 bridgehead atoms. The summed E-state index contributed by atoms with van der Waals surface area (Å²) in [6, 6.07) is 16.0. The molecule has 1 atom stereocenters. The lowest BCUT2D eigenvalue weighted by Gasteiger charge is -2.44. The molecule has 0 aliphatic carbocycles. The average molecular weight is 414 g/mol. The van der Waals surface area contributed by atoms with E-state index in [4.69, 9.17) is 16.3 Å². The zero-order valence-electron chi connectivity index (χ0n) is 16.9. The Morgan fingerprint density at radius 2 is 1.79 bits per heavy atom. The fourth-order valence-corrected chi connectivity index (χ4v) is 4.57. The van der Waals surface area contributed by atoms with Crippen LogP contribution in [-0.2, 0) is 0 Å². The number of nitrogens with zero attached hydrogens (tertiary/aromatic N) is 3. The Morgan fingerprint density at radius 1 is 1.03 bits per heavy atom. The molecule has 4 rings (SSSR count). The van der Waals surface area contributed by atoms with Gasteiger partial charge in [-0.05, 0) is 55.3 Å². The highest BCUT2D eigenvalue weighted by molar-refractivity contribution is 6.30. The van der Waals surface area contributed by atoms with Gasteiger partial charge in [-0.1, -0.05) is 17.7 Å². The van der Waals surface area contributed by atoms with Crippen molar-refractivity contribution >= 4 is 23.2 Å². The minimum absolute atomic E-state index is 0.0917. The van der Waals surface area contributed by atoms with Gasteiger partial charge in [-0.15, -0.1) is 0 Å². The van der Waals surface area contributed by atoms with Crippen molar-refractivity contribution in [2.75, 3.05) is 51.3 Å². The van der Waals surface area contributed by atoms with E-state index in [1.54, 1.807) is 19.2 Å². The first-order valence-electron chi connectivity index (χ1n) is 10.3. The molecule has 2 aromatic rings. The SMILES string of the molecule is COc1ccc(N2CCN(C3CCCN(C(=O)c4cccc(Cl)c4)C3)CC2)cc1. The van der Waals surface area contributed by atoms with Gasteiger partial charge in [0.1, 0.15) is 5.75 Å². The molecule has 2 fully saturated rings. The third-order valence-electron chi connectivity index (χ3n) is 6.02. The molecule has 0 N–H and O–H groups in total. The third-order valence-corrected chi connectivity index (χ3v) is 6.26. The van der Waals surface area contributed by atoms with Crippen molar-refractivity contribution in [3.8, 4) is 5.75 Å². The summed E-state index contributed by atoms with van der Waals surface area (Å²) in [4.78, 5) is 19.9. The molecule has 2 aromatic carbocycles. The molecule has 0 saturated carbocycles. The lowest BCUT2D eigenvalue weighted by atomic mass is 10.0. The Balaban J connectivity index is 1.34. The van der Waals surface area contributed by atoms with Crippen LogP contribution in [0.4, 0.5) is 5.69 Å². The topological polar surface area (TPSA) is 36.0 Å². The Hall–Kier alpha value is -2.24. The minimum Gasteiger partial charge on any atom is -0.497 e. The molecule has 154 valence electrons. The highest BCUT2D eigenvalue weighted by Crippen LogP contribution is 2.24. The summed E-state index contributed by atoms with van der Waals surface area (Å²) < 4.78 is 5.25. The first-order chi connectivity index (χ1) is 14.1. The number of benzene rings is 2. The second-order valence-electron chi connectivity index (χ2n) is 7.78. The zero-order chi connectivity index (χ0) is 20.2. The highest BCUT2D eigenvalue weighted by Gasteiger charge is 2.30. The number of hydrogen-bond donors (Lipinski definition) is 0. The summed E-state index contributed by atoms with van der Waals surface area (Å²) in [5.74, 6) is 0.980. The Bertz CT molecular complexity index is 834. The standard InChI is InChI=1S/C23H28ClN3O2/c1-29-22-9-7-20(8-10-22)25-12-14-26(15-13-25)21-6-3-11-27(17-21)23(28)18-4-2-5-19(24)16-18/h2,4-5,7-10,16,21H,3,6,11-15,17H2,1H3. The van der Waals surface area contributed by atoms with Crippen LogP contribution >= 0.6 is 11.6 Å². The number of ether oxygens (including phenoxy) is 1. The molecule has 1 unspecified atom stereocenters. The van der Waals surface area contributed by atoms with Crippen LogP contribution in [0.2, 0.25) is 5.02 Å². The predicted molar refractivity (Wildman–Crippen MR) is 117 cm³/mol. The fourth-order valence-electron chi connectivity index (χ4n) is 4.38. The number of carbonyl (C=O) groups excluding carboxylic acids is 1. The number of likely N-dealkylation sites (tertiary alicyclic amines) is 1. The second-order valence-corrected chi connectivity index (χ2v) is 8.22. The van der Waals surface area contributed by atoms with Gasteiger partial charge in [0.15, 0.2) is 0 Å². The monoisotopic (exact) mass is 413 g/mol. The van der Waals surface area contributed by atoms with Crippen LogP contribution in [0.3, 0.4) is 0 Å². The van der Waals surface area contributed by atoms with E-state index in [9.17, 15) is 4.79 Å². The van der Waals surface area contributed by atoms with Gasteiger partial charge in [-0.25, -0.2) is 0 Å². The number of piperidine rings is 1. The van der Waals surface area contributed by atoms with Crippen LogP contribution in [0.5, 0.6) is 5.75 Å². The van der Waals surface area contributed by atoms with E-state index in [1.165, 1.54) is 5.69 Å². The summed E-state index contributed by atoms with van der Waals surface area (Å²) in [5, 5.41) is 0.610. The second kappa shape index (κ2) is 9.06. The normalized spacial score (nSPS) is 20.6. The van der Waals surface area contributed by atoms with Crippen LogP contribution in [-0.4, -0.2) is 68.1 Å². The van der Waals surface area contributed by atoms with E-state index < -0.39 is 0 Å². The van der Waals surface area contributed by atoms with E-state index in [0.29, 0.717) is 16.6 Å². The molecular formula is C23H28ClN3O2. The summed E-state index contributed by atoms with van der Waals surface area (Å²) in [7, 11) is 1.69. The third kappa shape index (κ3) is 4.68. The van der Waals surface area contributed by atoms with Gasteiger partial charge in [0, 0.05) is 61.6 Å². The van der Waals surface area contributed by atoms with Crippen LogP contribution in [0.15, 0.2) is 48.5 Å². The van der Waals surface area contributed by atoms with E-state index in [1.807, 2.05) is 29.2 Å². The van der Waals surface area contributed by atoms with Crippen LogP contribution in [0.1, 0.15) is 23.2 Å². The first-order valence-corrected chi connectivity index (χ1v) is 10.7. The lowest BCUT2D eigenvalue weighted by Crippen LogP contribution is -2.55. The molecule has 2 aliphatic heterocycles. The number of amides is 1. The van der Waals surface area contributed by atoms with Gasteiger partial charge in [0.2, 0.25) is 0 Å². The Kier molecular flexibility index (Phi) is 6.26. The van der Waals surface area contributed by atoms with Gasteiger partial charge in [-0.3, -0.25) is 9.69 Å². The number of hydrogen-bond acceptors (Lipinski definition) is 4. The number of halogens is 1. The van der Waals surface area contributed by atoms with Crippen molar-refractivity contribution in [1.82, 2.24) is 9.80 Å². The van der Waals surface area contributed by atoms with Crippen molar-refractivity contribution in [2.45, 2.75) is 18.9 Å². The minimum atomic E-state index is 0.0917. The van der Waals surface area contributed by atoms with E-state index >= 15 is 0 Å². The molecule has 2 heterocycles. The maximum absolute atomic E-state index is 12.9. The molecular weight excluding hydrogens is 386 g/mol. The molecule has 0 spiro atoms. The van der Waals surface area contributed by atoms with Crippen molar-refractivity contribution in [1.29, 1.82) is 0 Å². The van der Waals surface area contributed by atoms with E-state index in [0.717, 1.165) is 57.9 Å². The molecule has 0 radical (unpaired) electrons. The molecule has 6 heteroatoms. The van der Waals surface area contributed by atoms with Gasteiger partial charge >= 0.3 is 0 Å². The van der Waals surface area contributed by atoms with Gasteiger partial charge < -0.3 is 14.5 Å². The van der Waals surface area contributed by atoms with Gasteiger partial charge in [0.05, 0.1) is 7.11 Å². The van der Waals surface area contributed by atoms with Crippen LogP contribution in [0, 0.1) is 0 Å². The Labute approximate surface area is 177 Å². The van der Waals surface area contributed by atoms with E-state index in [-0.39, 0.29) is 5.91 Å². The summed E-state index contributed by atoms with van der Waals surface area (Å²) in [6.07, 6.45) is 2.21. The number of carbonyl (C=O) groups is 1. The van der Waals surface area contributed by atoms with Crippen LogP contribution < -0.4 is 9.64 Å². The Morgan fingerprint density at radius 3 is 2.48 bits per heavy atom. The molecule has 2 aliphatic rings. The first kappa shape index (κ1) is 20.0. The molecule has 2 saturated heterocycles. The maximum atomic E-state index is 12.9. The predicted octanol–water partition coefficient (Wildman–Crippen LogP) is 3.78. The summed E-state index contributed by atoms with van der Waals surface area (Å²) in [5.41, 5.74) is 1.93. The lowest BCUT2D eigenvalue weighted by molar-refractivity contribution is 0.0563. The zero-order valence-corrected chi connectivity index (χ0v) is 17.6. The molecule has 29 heavy (non-hydrogen) atoms. The van der Waals surface area contributed by atoms with Crippen molar-refractivity contribution in [3.05, 3.63) is 59.1 Å². The van der Waals surface area contributed by atoms with Crippen molar-refractivity contribution < 1.29 is 9.53 Å². The van der Waals surface area contributed by atoms with E-state index in [2.05, 4.69) is 21.9 Å². The largest absolute Gasteiger partial charge is 0.497 e. The van der Waals surface area contributed by atoms with Crippen molar-refractivity contribution in [3.63, 3.8) is 0 Å². The van der Waals surface area contributed by atoms with Gasteiger partial charge in [0.25, 0.3) is 5.91 Å². The average Bonchev–Trinajstić information content (AvgIpc) is 2.79. The van der Waals surface area contributed by atoms with Crippen LogP contribution in [0.25, 0.3) is 0 Å². The highest BCUT2D eigenvalue weighted by atomic mass is 35.5. The number of rotatable bonds is 4.